The molecule has 0 spiro atoms. The third-order valence-electron chi connectivity index (χ3n) is 3.73. The van der Waals surface area contributed by atoms with E-state index < -0.39 is 5.91 Å². The summed E-state index contributed by atoms with van der Waals surface area (Å²) in [5, 5.41) is 17.0. The monoisotopic (exact) mass is 292 g/mol. The molecule has 1 unspecified atom stereocenters. The van der Waals surface area contributed by atoms with Crippen molar-refractivity contribution in [3.05, 3.63) is 17.0 Å². The topological polar surface area (TPSA) is 100 Å². The molecule has 6 nitrogen and oxygen atoms in total. The van der Waals surface area contributed by atoms with Crippen LogP contribution in [0.4, 0.5) is 5.69 Å². The number of anilines is 1. The number of nitrogens with one attached hydrogen (secondary N) is 2. The average Bonchev–Trinajstić information content (AvgIpc) is 2.93. The minimum Gasteiger partial charge on any atom is -0.504 e. The van der Waals surface area contributed by atoms with Gasteiger partial charge in [-0.3, -0.25) is 9.78 Å². The van der Waals surface area contributed by atoms with Gasteiger partial charge in [-0.15, -0.1) is 0 Å². The number of aryl methyl sites for hydroxylation is 1. The van der Waals surface area contributed by atoms with Crippen LogP contribution in [0.2, 0.25) is 0 Å². The molecule has 1 saturated heterocycles. The van der Waals surface area contributed by atoms with E-state index in [1.54, 1.807) is 0 Å². The number of amides is 1. The highest BCUT2D eigenvalue weighted by Gasteiger charge is 2.28. The predicted molar refractivity (Wildman–Crippen MR) is 82.8 cm³/mol. The number of primary amides is 1. The van der Waals surface area contributed by atoms with Gasteiger partial charge >= 0.3 is 0 Å². The summed E-state index contributed by atoms with van der Waals surface area (Å²) in [7, 11) is 0. The normalized spacial score (nSPS) is 18.2. The van der Waals surface area contributed by atoms with Crippen molar-refractivity contribution < 1.29 is 9.90 Å². The van der Waals surface area contributed by atoms with Crippen LogP contribution in [-0.4, -0.2) is 35.1 Å². The number of carbonyl (C=O) groups is 1. The van der Waals surface area contributed by atoms with E-state index in [9.17, 15) is 9.90 Å². The van der Waals surface area contributed by atoms with E-state index in [-0.39, 0.29) is 17.7 Å². The number of aromatic hydroxyl groups is 1. The molecule has 0 aromatic carbocycles. The molecular weight excluding hydrogens is 268 g/mol. The predicted octanol–water partition coefficient (Wildman–Crippen LogP) is 1.35. The molecule has 1 aliphatic heterocycles. The van der Waals surface area contributed by atoms with Crippen LogP contribution in [0.3, 0.4) is 0 Å². The van der Waals surface area contributed by atoms with Crippen LogP contribution in [-0.2, 0) is 6.42 Å². The summed E-state index contributed by atoms with van der Waals surface area (Å²) in [5.41, 5.74) is 7.52. The first-order valence-electron chi connectivity index (χ1n) is 7.48. The van der Waals surface area contributed by atoms with Gasteiger partial charge in [-0.1, -0.05) is 6.92 Å². The van der Waals surface area contributed by atoms with Gasteiger partial charge < -0.3 is 21.5 Å². The van der Waals surface area contributed by atoms with E-state index in [4.69, 9.17) is 5.73 Å². The second-order valence-electron chi connectivity index (χ2n) is 5.75. The van der Waals surface area contributed by atoms with E-state index in [1.165, 1.54) is 0 Å². The van der Waals surface area contributed by atoms with E-state index in [1.807, 2.05) is 20.8 Å². The Balaban J connectivity index is 2.61. The van der Waals surface area contributed by atoms with Crippen LogP contribution in [0.1, 0.15) is 54.9 Å². The lowest BCUT2D eigenvalue weighted by molar-refractivity contribution is 0.0999. The summed E-state index contributed by atoms with van der Waals surface area (Å²) in [6, 6.07) is 0.0793. The summed E-state index contributed by atoms with van der Waals surface area (Å²) in [4.78, 5) is 16.3. The number of pyridine rings is 1. The molecule has 0 radical (unpaired) electrons. The van der Waals surface area contributed by atoms with Gasteiger partial charge in [0.05, 0.1) is 22.6 Å². The molecule has 1 fully saturated rings. The summed E-state index contributed by atoms with van der Waals surface area (Å²) in [5.74, 6) is -0.331. The van der Waals surface area contributed by atoms with Gasteiger partial charge in [0.15, 0.2) is 5.75 Å². The Hall–Kier alpha value is -1.82. The lowest BCUT2D eigenvalue weighted by Gasteiger charge is -2.21. The zero-order valence-electron chi connectivity index (χ0n) is 12.9. The maximum absolute atomic E-state index is 11.8. The lowest BCUT2D eigenvalue weighted by Crippen LogP contribution is -2.22. The highest BCUT2D eigenvalue weighted by atomic mass is 16.3. The lowest BCUT2D eigenvalue weighted by atomic mass is 9.98. The third-order valence-corrected chi connectivity index (χ3v) is 3.73. The van der Waals surface area contributed by atoms with Gasteiger partial charge in [0, 0.05) is 18.5 Å². The largest absolute Gasteiger partial charge is 0.504 e. The van der Waals surface area contributed by atoms with Crippen molar-refractivity contribution in [2.24, 2.45) is 5.73 Å². The van der Waals surface area contributed by atoms with Gasteiger partial charge in [-0.2, -0.15) is 0 Å². The molecule has 0 saturated carbocycles. The highest BCUT2D eigenvalue weighted by Crippen LogP contribution is 2.38. The fourth-order valence-electron chi connectivity index (χ4n) is 2.77. The molecule has 116 valence electrons. The zero-order chi connectivity index (χ0) is 15.6. The molecule has 0 aliphatic carbocycles. The van der Waals surface area contributed by atoms with Crippen molar-refractivity contribution in [1.29, 1.82) is 0 Å². The van der Waals surface area contributed by atoms with E-state index in [0.29, 0.717) is 29.1 Å². The number of nitrogens with zero attached hydrogens (tertiary/aromatic N) is 1. The second-order valence-corrected chi connectivity index (χ2v) is 5.75. The molecule has 5 N–H and O–H groups in total. The number of hydrogen-bond acceptors (Lipinski definition) is 5. The fourth-order valence-corrected chi connectivity index (χ4v) is 2.77. The minimum absolute atomic E-state index is 0.0587. The summed E-state index contributed by atoms with van der Waals surface area (Å²) < 4.78 is 0. The van der Waals surface area contributed by atoms with E-state index in [2.05, 4.69) is 15.6 Å². The van der Waals surface area contributed by atoms with Crippen molar-refractivity contribution in [3.8, 4) is 5.75 Å². The van der Waals surface area contributed by atoms with Crippen LogP contribution >= 0.6 is 0 Å². The first kappa shape index (κ1) is 15.6. The first-order valence-corrected chi connectivity index (χ1v) is 7.48. The van der Waals surface area contributed by atoms with E-state index >= 15 is 0 Å². The number of hydrogen-bond donors (Lipinski definition) is 4. The summed E-state index contributed by atoms with van der Waals surface area (Å²) >= 11 is 0. The molecule has 21 heavy (non-hydrogen) atoms. The Morgan fingerprint density at radius 1 is 1.57 bits per heavy atom. The van der Waals surface area contributed by atoms with Crippen molar-refractivity contribution in [2.45, 2.75) is 45.6 Å². The van der Waals surface area contributed by atoms with Gasteiger partial charge in [0.2, 0.25) is 0 Å². The molecule has 1 aliphatic rings. The first-order chi connectivity index (χ1) is 9.95. The molecule has 1 aromatic heterocycles. The quantitative estimate of drug-likeness (QED) is 0.656. The summed E-state index contributed by atoms with van der Waals surface area (Å²) in [6.07, 6.45) is 1.53. The Morgan fingerprint density at radius 2 is 2.29 bits per heavy atom. The van der Waals surface area contributed by atoms with Crippen LogP contribution < -0.4 is 16.4 Å². The highest BCUT2D eigenvalue weighted by molar-refractivity contribution is 6.01. The maximum atomic E-state index is 11.8. The second kappa shape index (κ2) is 6.30. The average molecular weight is 292 g/mol. The van der Waals surface area contributed by atoms with Crippen LogP contribution in [0, 0.1) is 0 Å². The fraction of sp³-hybridized carbons (Fsp3) is 0.600. The number of carbonyl (C=O) groups excluding carboxylic acids is 1. The number of aromatic nitrogens is 1. The maximum Gasteiger partial charge on any atom is 0.252 e. The third kappa shape index (κ3) is 3.10. The van der Waals surface area contributed by atoms with Crippen molar-refractivity contribution in [1.82, 2.24) is 10.3 Å². The van der Waals surface area contributed by atoms with Crippen molar-refractivity contribution in [3.63, 3.8) is 0 Å². The molecule has 2 rings (SSSR count). The molecule has 1 amide bonds. The van der Waals surface area contributed by atoms with Crippen molar-refractivity contribution >= 4 is 11.6 Å². The van der Waals surface area contributed by atoms with Crippen LogP contribution in [0.5, 0.6) is 5.75 Å². The van der Waals surface area contributed by atoms with Gasteiger partial charge in [0.25, 0.3) is 5.91 Å². The van der Waals surface area contributed by atoms with Crippen LogP contribution in [0.25, 0.3) is 0 Å². The Morgan fingerprint density at radius 3 is 2.76 bits per heavy atom. The van der Waals surface area contributed by atoms with Gasteiger partial charge in [0.1, 0.15) is 0 Å². The molecule has 2 heterocycles. The van der Waals surface area contributed by atoms with Crippen molar-refractivity contribution in [2.75, 3.05) is 18.4 Å². The van der Waals surface area contributed by atoms with Gasteiger partial charge in [-0.25, -0.2) is 0 Å². The SMILES string of the molecule is CCc1nc(C2CCNC2)c(O)c(NC(C)C)c1C(N)=O. The minimum atomic E-state index is -0.561. The molecular formula is C15H24N4O2. The molecule has 1 aromatic rings. The Kier molecular flexibility index (Phi) is 4.67. The smallest absolute Gasteiger partial charge is 0.252 e. The number of nitrogens with two attached hydrogens (primary N) is 1. The standard InChI is InChI=1S/C15H24N4O2/c1-4-10-11(15(16)21)13(18-8(2)3)14(20)12(19-10)9-5-6-17-7-9/h8-9,17,20H,4-7H2,1-3H3,(H2,16,21)(H,18,19). The molecule has 6 heteroatoms. The Bertz CT molecular complexity index is 537. The Labute approximate surface area is 125 Å². The summed E-state index contributed by atoms with van der Waals surface area (Å²) in [6.45, 7) is 7.54. The van der Waals surface area contributed by atoms with Crippen LogP contribution in [0.15, 0.2) is 0 Å². The molecule has 1 atom stereocenters. The molecule has 0 bridgehead atoms. The van der Waals surface area contributed by atoms with E-state index in [0.717, 1.165) is 19.5 Å². The zero-order valence-corrected chi connectivity index (χ0v) is 12.9. The number of rotatable bonds is 5. The van der Waals surface area contributed by atoms with Gasteiger partial charge in [-0.05, 0) is 33.2 Å².